The minimum Gasteiger partial charge on any atom is -0.463 e. The lowest BCUT2D eigenvalue weighted by atomic mass is 10.1. The summed E-state index contributed by atoms with van der Waals surface area (Å²) in [5.74, 6) is 0.135. The van der Waals surface area contributed by atoms with E-state index in [1.807, 2.05) is 6.92 Å². The molecule has 2 aromatic rings. The summed E-state index contributed by atoms with van der Waals surface area (Å²) in [5, 5.41) is 6.66. The third-order valence-corrected chi connectivity index (χ3v) is 3.41. The molecule has 0 bridgehead atoms. The first-order valence-corrected chi connectivity index (χ1v) is 7.66. The molecule has 2 rings (SSSR count). The van der Waals surface area contributed by atoms with E-state index in [0.717, 1.165) is 16.8 Å². The number of ether oxygens (including phenoxy) is 1. The Labute approximate surface area is 140 Å². The number of amides is 1. The van der Waals surface area contributed by atoms with Gasteiger partial charge in [-0.3, -0.25) is 4.79 Å². The minimum atomic E-state index is -0.380. The molecule has 1 aromatic carbocycles. The first kappa shape index (κ1) is 17.5. The molecule has 0 fully saturated rings. The van der Waals surface area contributed by atoms with Crippen molar-refractivity contribution in [2.75, 3.05) is 11.9 Å². The Morgan fingerprint density at radius 2 is 1.96 bits per heavy atom. The van der Waals surface area contributed by atoms with Gasteiger partial charge in [0.1, 0.15) is 5.76 Å². The molecule has 24 heavy (non-hydrogen) atoms. The lowest BCUT2D eigenvalue weighted by molar-refractivity contribution is -0.137. The van der Waals surface area contributed by atoms with Crippen molar-refractivity contribution in [1.82, 2.24) is 5.16 Å². The standard InChI is InChI=1S/C18H20N2O4/c1-4-23-18(22)10-7-14-5-8-15(9-6-14)19-17(21)11-16-12(2)20-24-13(16)3/h5-10H,4,11H2,1-3H3,(H,19,21)/b10-7+. The molecule has 6 heteroatoms. The third-order valence-electron chi connectivity index (χ3n) is 3.41. The molecule has 0 unspecified atom stereocenters. The molecule has 0 spiro atoms. The highest BCUT2D eigenvalue weighted by Crippen LogP contribution is 2.15. The molecule has 0 radical (unpaired) electrons. The first-order chi connectivity index (χ1) is 11.5. The highest BCUT2D eigenvalue weighted by molar-refractivity contribution is 5.92. The van der Waals surface area contributed by atoms with Crippen molar-refractivity contribution in [2.45, 2.75) is 27.2 Å². The topological polar surface area (TPSA) is 81.4 Å². The van der Waals surface area contributed by atoms with Gasteiger partial charge in [0.2, 0.25) is 5.91 Å². The van der Waals surface area contributed by atoms with Crippen LogP contribution in [0.25, 0.3) is 6.08 Å². The monoisotopic (exact) mass is 328 g/mol. The fourth-order valence-electron chi connectivity index (χ4n) is 2.15. The van der Waals surface area contributed by atoms with Gasteiger partial charge in [-0.2, -0.15) is 0 Å². The number of aromatic nitrogens is 1. The van der Waals surface area contributed by atoms with Crippen molar-refractivity contribution >= 4 is 23.6 Å². The Kier molecular flexibility index (Phi) is 5.89. The Hall–Kier alpha value is -2.89. The van der Waals surface area contributed by atoms with Crippen LogP contribution >= 0.6 is 0 Å². The number of anilines is 1. The van der Waals surface area contributed by atoms with E-state index in [-0.39, 0.29) is 18.3 Å². The van der Waals surface area contributed by atoms with Gasteiger partial charge in [-0.1, -0.05) is 17.3 Å². The van der Waals surface area contributed by atoms with Crippen LogP contribution in [0, 0.1) is 13.8 Å². The van der Waals surface area contributed by atoms with Crippen LogP contribution in [0.4, 0.5) is 5.69 Å². The van der Waals surface area contributed by atoms with Gasteiger partial charge in [-0.05, 0) is 44.5 Å². The maximum Gasteiger partial charge on any atom is 0.330 e. The fraction of sp³-hybridized carbons (Fsp3) is 0.278. The molecule has 6 nitrogen and oxygen atoms in total. The second-order valence-electron chi connectivity index (χ2n) is 5.24. The molecule has 0 aliphatic heterocycles. The van der Waals surface area contributed by atoms with E-state index in [1.165, 1.54) is 6.08 Å². The van der Waals surface area contributed by atoms with E-state index < -0.39 is 0 Å². The Bertz CT molecular complexity index is 725. The smallest absolute Gasteiger partial charge is 0.330 e. The Morgan fingerprint density at radius 1 is 1.25 bits per heavy atom. The van der Waals surface area contributed by atoms with Crippen molar-refractivity contribution in [1.29, 1.82) is 0 Å². The lowest BCUT2D eigenvalue weighted by Crippen LogP contribution is -2.15. The van der Waals surface area contributed by atoms with E-state index in [9.17, 15) is 9.59 Å². The van der Waals surface area contributed by atoms with Crippen molar-refractivity contribution in [2.24, 2.45) is 0 Å². The minimum absolute atomic E-state index is 0.140. The number of nitrogens with zero attached hydrogens (tertiary/aromatic N) is 1. The summed E-state index contributed by atoms with van der Waals surface area (Å²) in [7, 11) is 0. The van der Waals surface area contributed by atoms with Gasteiger partial charge < -0.3 is 14.6 Å². The van der Waals surface area contributed by atoms with Gasteiger partial charge in [0.15, 0.2) is 0 Å². The summed E-state index contributed by atoms with van der Waals surface area (Å²) < 4.78 is 9.86. The molecule has 1 N–H and O–H groups in total. The molecule has 0 atom stereocenters. The average Bonchev–Trinajstić information content (AvgIpc) is 2.86. The van der Waals surface area contributed by atoms with Gasteiger partial charge >= 0.3 is 5.97 Å². The molecule has 0 aliphatic rings. The van der Waals surface area contributed by atoms with Gasteiger partial charge in [0, 0.05) is 17.3 Å². The second kappa shape index (κ2) is 8.10. The highest BCUT2D eigenvalue weighted by Gasteiger charge is 2.13. The van der Waals surface area contributed by atoms with Crippen LogP contribution in [0.5, 0.6) is 0 Å². The largest absolute Gasteiger partial charge is 0.463 e. The highest BCUT2D eigenvalue weighted by atomic mass is 16.5. The average molecular weight is 328 g/mol. The van der Waals surface area contributed by atoms with E-state index in [0.29, 0.717) is 18.1 Å². The number of carbonyl (C=O) groups excluding carboxylic acids is 2. The zero-order chi connectivity index (χ0) is 17.5. The molecule has 1 aromatic heterocycles. The zero-order valence-electron chi connectivity index (χ0n) is 14.0. The van der Waals surface area contributed by atoms with Crippen LogP contribution in [0.2, 0.25) is 0 Å². The van der Waals surface area contributed by atoms with Crippen LogP contribution in [0.3, 0.4) is 0 Å². The Balaban J connectivity index is 1.94. The quantitative estimate of drug-likeness (QED) is 0.651. The van der Waals surface area contributed by atoms with Crippen LogP contribution in [0.1, 0.15) is 29.5 Å². The van der Waals surface area contributed by atoms with E-state index in [4.69, 9.17) is 9.26 Å². The normalized spacial score (nSPS) is 10.8. The van der Waals surface area contributed by atoms with Crippen molar-refractivity contribution < 1.29 is 18.8 Å². The molecule has 126 valence electrons. The number of aryl methyl sites for hydroxylation is 2. The van der Waals surface area contributed by atoms with E-state index >= 15 is 0 Å². The van der Waals surface area contributed by atoms with Crippen molar-refractivity contribution in [3.05, 3.63) is 52.9 Å². The summed E-state index contributed by atoms with van der Waals surface area (Å²) in [6.45, 7) is 5.70. The first-order valence-electron chi connectivity index (χ1n) is 7.66. The van der Waals surface area contributed by atoms with Crippen LogP contribution < -0.4 is 5.32 Å². The molecular formula is C18H20N2O4. The molecule has 1 amide bonds. The predicted molar refractivity (Wildman–Crippen MR) is 90.4 cm³/mol. The molecule has 0 saturated carbocycles. The maximum atomic E-state index is 12.1. The van der Waals surface area contributed by atoms with Gasteiger partial charge in [-0.15, -0.1) is 0 Å². The molecule has 0 saturated heterocycles. The van der Waals surface area contributed by atoms with Crippen LogP contribution in [-0.4, -0.2) is 23.6 Å². The number of hydrogen-bond donors (Lipinski definition) is 1. The summed E-state index contributed by atoms with van der Waals surface area (Å²) in [4.78, 5) is 23.4. The fourth-order valence-corrected chi connectivity index (χ4v) is 2.15. The SMILES string of the molecule is CCOC(=O)/C=C/c1ccc(NC(=O)Cc2c(C)noc2C)cc1. The van der Waals surface area contributed by atoms with E-state index in [1.54, 1.807) is 44.2 Å². The maximum absolute atomic E-state index is 12.1. The number of nitrogens with one attached hydrogen (secondary N) is 1. The zero-order valence-corrected chi connectivity index (χ0v) is 14.0. The summed E-state index contributed by atoms with van der Waals surface area (Å²) in [6, 6.07) is 7.16. The molecule has 1 heterocycles. The third kappa shape index (κ3) is 4.81. The molecular weight excluding hydrogens is 308 g/mol. The Morgan fingerprint density at radius 3 is 2.54 bits per heavy atom. The van der Waals surface area contributed by atoms with Crippen LogP contribution in [-0.2, 0) is 20.7 Å². The number of esters is 1. The lowest BCUT2D eigenvalue weighted by Gasteiger charge is -2.05. The van der Waals surface area contributed by atoms with Crippen LogP contribution in [0.15, 0.2) is 34.9 Å². The summed E-state index contributed by atoms with van der Waals surface area (Å²) in [6.07, 6.45) is 3.24. The van der Waals surface area contributed by atoms with E-state index in [2.05, 4.69) is 10.5 Å². The number of hydrogen-bond acceptors (Lipinski definition) is 5. The number of rotatable bonds is 6. The summed E-state index contributed by atoms with van der Waals surface area (Å²) >= 11 is 0. The van der Waals surface area contributed by atoms with Gasteiger partial charge in [-0.25, -0.2) is 4.79 Å². The van der Waals surface area contributed by atoms with Gasteiger partial charge in [0.05, 0.1) is 18.7 Å². The van der Waals surface area contributed by atoms with Crippen molar-refractivity contribution in [3.8, 4) is 0 Å². The number of benzene rings is 1. The second-order valence-corrected chi connectivity index (χ2v) is 5.24. The predicted octanol–water partition coefficient (Wildman–Crippen LogP) is 3.05. The molecule has 0 aliphatic carbocycles. The van der Waals surface area contributed by atoms with Gasteiger partial charge in [0.25, 0.3) is 0 Å². The number of carbonyl (C=O) groups is 2. The summed E-state index contributed by atoms with van der Waals surface area (Å²) in [5.41, 5.74) is 3.05. The van der Waals surface area contributed by atoms with Crippen molar-refractivity contribution in [3.63, 3.8) is 0 Å².